The van der Waals surface area contributed by atoms with E-state index in [2.05, 4.69) is 6.58 Å². The fourth-order valence-corrected chi connectivity index (χ4v) is 2.69. The van der Waals surface area contributed by atoms with Gasteiger partial charge in [-0.25, -0.2) is 4.79 Å². The van der Waals surface area contributed by atoms with Crippen molar-refractivity contribution in [1.82, 2.24) is 0 Å². The molecule has 2 N–H and O–H groups in total. The SMILES string of the molecule is C=C(C)C(O)OCCCCCCOc1ccc2cc(/C=C/C(=O)O)ccc2c1. The van der Waals surface area contributed by atoms with Gasteiger partial charge in [-0.1, -0.05) is 31.2 Å². The van der Waals surface area contributed by atoms with Gasteiger partial charge < -0.3 is 19.7 Å². The van der Waals surface area contributed by atoms with E-state index < -0.39 is 12.3 Å². The van der Waals surface area contributed by atoms with Gasteiger partial charge in [0.15, 0.2) is 6.29 Å². The minimum atomic E-state index is -0.958. The second kappa shape index (κ2) is 11.3. The van der Waals surface area contributed by atoms with Crippen LogP contribution in [0.15, 0.2) is 54.6 Å². The van der Waals surface area contributed by atoms with Gasteiger partial charge in [-0.05, 0) is 72.4 Å². The molecule has 5 heteroatoms. The van der Waals surface area contributed by atoms with Crippen LogP contribution in [0.1, 0.15) is 38.2 Å². The zero-order valence-corrected chi connectivity index (χ0v) is 16.3. The van der Waals surface area contributed by atoms with E-state index in [1.54, 1.807) is 13.0 Å². The van der Waals surface area contributed by atoms with Gasteiger partial charge in [0, 0.05) is 6.08 Å². The first-order valence-corrected chi connectivity index (χ1v) is 9.48. The molecule has 5 nitrogen and oxygen atoms in total. The summed E-state index contributed by atoms with van der Waals surface area (Å²) >= 11 is 0. The van der Waals surface area contributed by atoms with Crippen LogP contribution >= 0.6 is 0 Å². The minimum Gasteiger partial charge on any atom is -0.494 e. The van der Waals surface area contributed by atoms with E-state index in [0.29, 0.717) is 18.8 Å². The summed E-state index contributed by atoms with van der Waals surface area (Å²) in [7, 11) is 0. The summed E-state index contributed by atoms with van der Waals surface area (Å²) in [5.41, 5.74) is 1.47. The van der Waals surface area contributed by atoms with Gasteiger partial charge in [-0.15, -0.1) is 0 Å². The predicted molar refractivity (Wildman–Crippen MR) is 111 cm³/mol. The van der Waals surface area contributed by atoms with Crippen LogP contribution in [0, 0.1) is 0 Å². The molecule has 0 amide bonds. The van der Waals surface area contributed by atoms with Crippen LogP contribution in [0.3, 0.4) is 0 Å². The zero-order valence-electron chi connectivity index (χ0n) is 16.3. The van der Waals surface area contributed by atoms with Crippen molar-refractivity contribution in [2.24, 2.45) is 0 Å². The summed E-state index contributed by atoms with van der Waals surface area (Å²) in [6, 6.07) is 11.7. The largest absolute Gasteiger partial charge is 0.494 e. The van der Waals surface area contributed by atoms with Gasteiger partial charge in [-0.2, -0.15) is 0 Å². The predicted octanol–water partition coefficient (Wildman–Crippen LogP) is 4.79. The standard InChI is InChI=1S/C23H28O5/c1-17(2)23(26)28-14-6-4-3-5-13-27-21-11-10-19-15-18(8-12-22(24)25)7-9-20(19)16-21/h7-12,15-16,23,26H,1,3-6,13-14H2,2H3,(H,24,25)/b12-8+. The van der Waals surface area contributed by atoms with E-state index >= 15 is 0 Å². The number of carboxylic acid groups (broad SMARTS) is 1. The normalized spacial score (nSPS) is 12.4. The lowest BCUT2D eigenvalue weighted by Gasteiger charge is -2.11. The van der Waals surface area contributed by atoms with Crippen molar-refractivity contribution in [1.29, 1.82) is 0 Å². The van der Waals surface area contributed by atoms with Gasteiger partial charge in [0.25, 0.3) is 0 Å². The molecule has 0 aliphatic heterocycles. The molecule has 2 rings (SSSR count). The van der Waals surface area contributed by atoms with Crippen molar-refractivity contribution >= 4 is 22.8 Å². The molecular formula is C23H28O5. The number of aliphatic hydroxyl groups excluding tert-OH is 1. The maximum Gasteiger partial charge on any atom is 0.328 e. The highest BCUT2D eigenvalue weighted by atomic mass is 16.6. The number of hydrogen-bond donors (Lipinski definition) is 2. The summed E-state index contributed by atoms with van der Waals surface area (Å²) in [6.07, 6.45) is 5.78. The van der Waals surface area contributed by atoms with E-state index in [1.165, 1.54) is 0 Å². The molecule has 1 unspecified atom stereocenters. The smallest absolute Gasteiger partial charge is 0.328 e. The highest BCUT2D eigenvalue weighted by Gasteiger charge is 2.03. The third kappa shape index (κ3) is 7.55. The van der Waals surface area contributed by atoms with E-state index in [1.807, 2.05) is 36.4 Å². The molecule has 0 fully saturated rings. The lowest BCUT2D eigenvalue weighted by molar-refractivity contribution is -0.131. The number of ether oxygens (including phenoxy) is 2. The molecule has 0 saturated heterocycles. The third-order valence-electron chi connectivity index (χ3n) is 4.26. The Hall–Kier alpha value is -2.63. The quantitative estimate of drug-likeness (QED) is 0.238. The van der Waals surface area contributed by atoms with Crippen LogP contribution in [-0.2, 0) is 9.53 Å². The van der Waals surface area contributed by atoms with Crippen LogP contribution in [0.4, 0.5) is 0 Å². The average Bonchev–Trinajstić information content (AvgIpc) is 2.67. The number of unbranched alkanes of at least 4 members (excludes halogenated alkanes) is 3. The van der Waals surface area contributed by atoms with E-state index in [0.717, 1.165) is 53.8 Å². The molecule has 28 heavy (non-hydrogen) atoms. The lowest BCUT2D eigenvalue weighted by atomic mass is 10.1. The first-order chi connectivity index (χ1) is 13.5. The molecule has 0 aliphatic carbocycles. The molecule has 0 aliphatic rings. The Balaban J connectivity index is 1.71. The number of aliphatic hydroxyl groups is 1. The monoisotopic (exact) mass is 384 g/mol. The van der Waals surface area contributed by atoms with Crippen LogP contribution in [0.5, 0.6) is 5.75 Å². The molecular weight excluding hydrogens is 356 g/mol. The van der Waals surface area contributed by atoms with Crippen LogP contribution in [0.25, 0.3) is 16.8 Å². The van der Waals surface area contributed by atoms with Gasteiger partial charge in [0.05, 0.1) is 13.2 Å². The minimum absolute atomic E-state index is 0.531. The Kier molecular flexibility index (Phi) is 8.72. The Labute approximate surface area is 165 Å². The van der Waals surface area contributed by atoms with Crippen molar-refractivity contribution in [3.8, 4) is 5.75 Å². The van der Waals surface area contributed by atoms with Crippen molar-refractivity contribution in [2.45, 2.75) is 38.9 Å². The third-order valence-corrected chi connectivity index (χ3v) is 4.26. The first kappa shape index (κ1) is 21.7. The average molecular weight is 384 g/mol. The number of carboxylic acids is 1. The summed E-state index contributed by atoms with van der Waals surface area (Å²) < 4.78 is 11.1. The second-order valence-electron chi connectivity index (χ2n) is 6.77. The molecule has 1 atom stereocenters. The summed E-state index contributed by atoms with van der Waals surface area (Å²) in [5.74, 6) is -0.130. The number of fused-ring (bicyclic) bond motifs is 1. The Morgan fingerprint density at radius 2 is 1.75 bits per heavy atom. The first-order valence-electron chi connectivity index (χ1n) is 9.48. The van der Waals surface area contributed by atoms with Crippen LogP contribution in [-0.4, -0.2) is 35.7 Å². The zero-order chi connectivity index (χ0) is 20.4. The van der Waals surface area contributed by atoms with E-state index in [-0.39, 0.29) is 0 Å². The number of benzene rings is 2. The molecule has 0 saturated carbocycles. The van der Waals surface area contributed by atoms with Crippen molar-refractivity contribution in [3.05, 3.63) is 60.2 Å². The molecule has 2 aromatic carbocycles. The summed E-state index contributed by atoms with van der Waals surface area (Å²) in [5, 5.41) is 20.3. The fourth-order valence-electron chi connectivity index (χ4n) is 2.69. The Morgan fingerprint density at radius 3 is 2.46 bits per heavy atom. The van der Waals surface area contributed by atoms with Crippen LogP contribution < -0.4 is 4.74 Å². The van der Waals surface area contributed by atoms with Gasteiger partial charge in [0.1, 0.15) is 5.75 Å². The molecule has 0 spiro atoms. The maximum atomic E-state index is 10.6. The summed E-state index contributed by atoms with van der Waals surface area (Å²) in [4.78, 5) is 10.6. The fraction of sp³-hybridized carbons (Fsp3) is 0.348. The summed E-state index contributed by atoms with van der Waals surface area (Å²) in [6.45, 7) is 6.57. The van der Waals surface area contributed by atoms with Gasteiger partial charge in [-0.3, -0.25) is 0 Å². The highest BCUT2D eigenvalue weighted by Crippen LogP contribution is 2.23. The second-order valence-corrected chi connectivity index (χ2v) is 6.77. The molecule has 0 bridgehead atoms. The van der Waals surface area contributed by atoms with Crippen molar-refractivity contribution in [2.75, 3.05) is 13.2 Å². The van der Waals surface area contributed by atoms with Crippen LogP contribution in [0.2, 0.25) is 0 Å². The molecule has 150 valence electrons. The number of hydrogen-bond acceptors (Lipinski definition) is 4. The van der Waals surface area contributed by atoms with Gasteiger partial charge >= 0.3 is 5.97 Å². The number of carbonyl (C=O) groups is 1. The maximum absolute atomic E-state index is 10.6. The molecule has 0 aromatic heterocycles. The Morgan fingerprint density at radius 1 is 1.07 bits per heavy atom. The van der Waals surface area contributed by atoms with E-state index in [4.69, 9.17) is 14.6 Å². The van der Waals surface area contributed by atoms with Crippen molar-refractivity contribution < 1.29 is 24.5 Å². The lowest BCUT2D eigenvalue weighted by Crippen LogP contribution is -2.13. The number of aliphatic carboxylic acids is 1. The molecule has 2 aromatic rings. The number of rotatable bonds is 12. The molecule has 0 radical (unpaired) electrons. The Bertz CT molecular complexity index is 825. The van der Waals surface area contributed by atoms with Crippen molar-refractivity contribution in [3.63, 3.8) is 0 Å². The topological polar surface area (TPSA) is 76.0 Å². The van der Waals surface area contributed by atoms with E-state index in [9.17, 15) is 9.90 Å². The molecule has 0 heterocycles. The highest BCUT2D eigenvalue weighted by molar-refractivity contribution is 5.89. The van der Waals surface area contributed by atoms with Gasteiger partial charge in [0.2, 0.25) is 0 Å².